The maximum absolute atomic E-state index is 13.9. The highest BCUT2D eigenvalue weighted by Gasteiger charge is 2.36. The summed E-state index contributed by atoms with van der Waals surface area (Å²) in [5.41, 5.74) is 7.07. The van der Waals surface area contributed by atoms with Crippen molar-refractivity contribution in [1.82, 2.24) is 15.5 Å². The standard InChI is InChI=1S/C34H43N4O7PS/c35-32(40)28(27-18-17-25-13-5-6-14-26(25)20-27)21-36-33(41)30-15-8-9-19-38(30)34(42)29(22-47-23-46(43,44)45)37-31(39)16-7-4-12-24-10-2-1-3-11-24/h1-3,5-6,10-11,13-14,17-18,20,28-30H,4,7-9,12,15-16,19,21-23H2,(H2,35,40)(H,36,41)(H,37,39)(H2,43,44,45). The van der Waals surface area contributed by atoms with Crippen LogP contribution in [0.25, 0.3) is 10.8 Å². The summed E-state index contributed by atoms with van der Waals surface area (Å²) in [6, 6.07) is 21.3. The van der Waals surface area contributed by atoms with Gasteiger partial charge in [0.25, 0.3) is 0 Å². The Kier molecular flexibility index (Phi) is 13.4. The molecule has 1 aliphatic heterocycles. The molecule has 0 saturated carbocycles. The van der Waals surface area contributed by atoms with Crippen LogP contribution in [0.1, 0.15) is 55.6 Å². The van der Waals surface area contributed by atoms with Gasteiger partial charge in [0, 0.05) is 25.3 Å². The Morgan fingerprint density at radius 2 is 1.68 bits per heavy atom. The number of piperidine rings is 1. The molecule has 252 valence electrons. The number of primary amides is 1. The molecule has 1 heterocycles. The molecule has 0 radical (unpaired) electrons. The molecule has 11 nitrogen and oxygen atoms in total. The number of nitrogens with two attached hydrogens (primary N) is 1. The second-order valence-electron chi connectivity index (χ2n) is 11.8. The molecule has 13 heteroatoms. The lowest BCUT2D eigenvalue weighted by atomic mass is 9.95. The number of fused-ring (bicyclic) bond motifs is 1. The van der Waals surface area contributed by atoms with Gasteiger partial charge in [0.15, 0.2) is 0 Å². The summed E-state index contributed by atoms with van der Waals surface area (Å²) < 4.78 is 11.5. The Hall–Kier alpha value is -3.70. The van der Waals surface area contributed by atoms with Gasteiger partial charge in [0.05, 0.1) is 11.4 Å². The van der Waals surface area contributed by atoms with Crippen molar-refractivity contribution in [2.75, 3.05) is 24.3 Å². The molecule has 4 amide bonds. The number of hydrogen-bond acceptors (Lipinski definition) is 6. The molecule has 3 aromatic carbocycles. The fourth-order valence-corrected chi connectivity index (χ4v) is 7.62. The van der Waals surface area contributed by atoms with Gasteiger partial charge in [-0.25, -0.2) is 0 Å². The van der Waals surface area contributed by atoms with Crippen LogP contribution in [0.4, 0.5) is 0 Å². The zero-order valence-electron chi connectivity index (χ0n) is 26.3. The van der Waals surface area contributed by atoms with Crippen molar-refractivity contribution in [3.05, 3.63) is 83.9 Å². The van der Waals surface area contributed by atoms with Crippen molar-refractivity contribution in [2.24, 2.45) is 5.73 Å². The number of carbonyl (C=O) groups is 4. The highest BCUT2D eigenvalue weighted by Crippen LogP contribution is 2.38. The third kappa shape index (κ3) is 11.2. The fraction of sp³-hybridized carbons (Fsp3) is 0.412. The Bertz CT molecular complexity index is 1580. The number of thioether (sulfide) groups is 1. The highest BCUT2D eigenvalue weighted by molar-refractivity contribution is 8.04. The minimum Gasteiger partial charge on any atom is -0.369 e. The zero-order valence-corrected chi connectivity index (χ0v) is 28.0. The minimum absolute atomic E-state index is 0.0493. The summed E-state index contributed by atoms with van der Waals surface area (Å²) in [5, 5.41) is 7.53. The van der Waals surface area contributed by atoms with E-state index in [1.54, 1.807) is 0 Å². The highest BCUT2D eigenvalue weighted by atomic mass is 32.2. The molecule has 47 heavy (non-hydrogen) atoms. The van der Waals surface area contributed by atoms with Crippen molar-refractivity contribution in [2.45, 2.75) is 62.9 Å². The second-order valence-corrected chi connectivity index (χ2v) is 14.9. The van der Waals surface area contributed by atoms with Crippen molar-refractivity contribution >= 4 is 53.8 Å². The molecular formula is C34H43N4O7PS. The molecule has 1 fully saturated rings. The van der Waals surface area contributed by atoms with E-state index in [0.717, 1.165) is 35.4 Å². The summed E-state index contributed by atoms with van der Waals surface area (Å²) in [6.07, 6.45) is 4.14. The molecule has 3 unspecified atom stereocenters. The number of nitrogens with zero attached hydrogens (tertiary/aromatic N) is 1. The monoisotopic (exact) mass is 682 g/mol. The first-order valence-corrected chi connectivity index (χ1v) is 18.8. The first-order chi connectivity index (χ1) is 22.5. The molecule has 1 saturated heterocycles. The predicted octanol–water partition coefficient (Wildman–Crippen LogP) is 3.67. The van der Waals surface area contributed by atoms with Crippen LogP contribution in [-0.2, 0) is 30.2 Å². The van der Waals surface area contributed by atoms with E-state index in [2.05, 4.69) is 10.6 Å². The SMILES string of the molecule is NC(=O)C(CNC(=O)C1CCCCN1C(=O)C(CSCP(=O)(O)O)NC(=O)CCCCc1ccccc1)c1ccc2ccccc2c1. The van der Waals surface area contributed by atoms with E-state index in [1.807, 2.05) is 72.8 Å². The van der Waals surface area contributed by atoms with Crippen molar-refractivity contribution in [3.63, 3.8) is 0 Å². The normalized spacial score (nSPS) is 16.3. The molecule has 0 spiro atoms. The topological polar surface area (TPSA) is 179 Å². The summed E-state index contributed by atoms with van der Waals surface area (Å²) in [5.74, 6) is -2.69. The van der Waals surface area contributed by atoms with Gasteiger partial charge >= 0.3 is 7.60 Å². The van der Waals surface area contributed by atoms with Gasteiger partial charge < -0.3 is 31.1 Å². The van der Waals surface area contributed by atoms with Crippen LogP contribution >= 0.6 is 19.4 Å². The summed E-state index contributed by atoms with van der Waals surface area (Å²) >= 11 is 0.876. The number of hydrogen-bond donors (Lipinski definition) is 5. The quantitative estimate of drug-likeness (QED) is 0.112. The van der Waals surface area contributed by atoms with Gasteiger partial charge in [-0.1, -0.05) is 72.8 Å². The van der Waals surface area contributed by atoms with E-state index >= 15 is 0 Å². The van der Waals surface area contributed by atoms with Gasteiger partial charge in [-0.05, 0) is 60.4 Å². The van der Waals surface area contributed by atoms with Crippen LogP contribution in [0, 0.1) is 0 Å². The molecule has 0 aromatic heterocycles. The lowest BCUT2D eigenvalue weighted by molar-refractivity contribution is -0.144. The maximum Gasteiger partial charge on any atom is 0.335 e. The predicted molar refractivity (Wildman–Crippen MR) is 184 cm³/mol. The molecule has 3 atom stereocenters. The number of amides is 4. The van der Waals surface area contributed by atoms with Gasteiger partial charge in [-0.3, -0.25) is 23.7 Å². The third-order valence-corrected chi connectivity index (χ3v) is 10.9. The van der Waals surface area contributed by atoms with E-state index < -0.39 is 48.8 Å². The van der Waals surface area contributed by atoms with Crippen molar-refractivity contribution in [1.29, 1.82) is 0 Å². The molecular weight excluding hydrogens is 639 g/mol. The van der Waals surface area contributed by atoms with Crippen LogP contribution < -0.4 is 16.4 Å². The number of unbranched alkanes of at least 4 members (excludes halogenated alkanes) is 1. The Morgan fingerprint density at radius 1 is 0.957 bits per heavy atom. The molecule has 0 aliphatic carbocycles. The first kappa shape index (κ1) is 36.1. The molecule has 1 aliphatic rings. The van der Waals surface area contributed by atoms with Gasteiger partial charge in [0.1, 0.15) is 12.1 Å². The van der Waals surface area contributed by atoms with Gasteiger partial charge in [-0.15, -0.1) is 11.8 Å². The van der Waals surface area contributed by atoms with Crippen LogP contribution in [0.3, 0.4) is 0 Å². The van der Waals surface area contributed by atoms with Gasteiger partial charge in [-0.2, -0.15) is 0 Å². The van der Waals surface area contributed by atoms with Crippen LogP contribution in [-0.4, -0.2) is 74.7 Å². The molecule has 3 aromatic rings. The number of aryl methyl sites for hydroxylation is 1. The second kappa shape index (κ2) is 17.5. The Balaban J connectivity index is 1.40. The number of rotatable bonds is 16. The lowest BCUT2D eigenvalue weighted by Gasteiger charge is -2.37. The minimum atomic E-state index is -4.34. The van der Waals surface area contributed by atoms with Crippen LogP contribution in [0.2, 0.25) is 0 Å². The molecule has 4 rings (SSSR count). The van der Waals surface area contributed by atoms with E-state index in [-0.39, 0.29) is 31.2 Å². The van der Waals surface area contributed by atoms with E-state index in [1.165, 1.54) is 10.5 Å². The smallest absolute Gasteiger partial charge is 0.335 e. The lowest BCUT2D eigenvalue weighted by Crippen LogP contribution is -2.58. The number of nitrogens with one attached hydrogen (secondary N) is 2. The van der Waals surface area contributed by atoms with Crippen molar-refractivity contribution < 1.29 is 33.5 Å². The average molecular weight is 683 g/mol. The summed E-state index contributed by atoms with van der Waals surface area (Å²) in [7, 11) is -4.34. The number of benzene rings is 3. The number of likely N-dealkylation sites (tertiary alicyclic amines) is 1. The van der Waals surface area contributed by atoms with E-state index in [4.69, 9.17) is 5.73 Å². The zero-order chi connectivity index (χ0) is 33.8. The van der Waals surface area contributed by atoms with Gasteiger partial charge in [0.2, 0.25) is 23.6 Å². The van der Waals surface area contributed by atoms with Crippen LogP contribution in [0.15, 0.2) is 72.8 Å². The summed E-state index contributed by atoms with van der Waals surface area (Å²) in [6.45, 7) is 0.236. The Morgan fingerprint density at radius 3 is 2.40 bits per heavy atom. The first-order valence-electron chi connectivity index (χ1n) is 15.8. The molecule has 6 N–H and O–H groups in total. The summed E-state index contributed by atoms with van der Waals surface area (Å²) in [4.78, 5) is 72.9. The van der Waals surface area contributed by atoms with E-state index in [9.17, 15) is 33.5 Å². The largest absolute Gasteiger partial charge is 0.369 e. The maximum atomic E-state index is 13.9. The average Bonchev–Trinajstić information content (AvgIpc) is 3.05. The Labute approximate surface area is 279 Å². The third-order valence-electron chi connectivity index (χ3n) is 8.23. The van der Waals surface area contributed by atoms with E-state index in [0.29, 0.717) is 31.2 Å². The fourth-order valence-electron chi connectivity index (χ4n) is 5.79. The van der Waals surface area contributed by atoms with Crippen LogP contribution in [0.5, 0.6) is 0 Å². The van der Waals surface area contributed by atoms with Crippen molar-refractivity contribution in [3.8, 4) is 0 Å². The number of carbonyl (C=O) groups excluding carboxylic acids is 4. The molecule has 0 bridgehead atoms.